The van der Waals surface area contributed by atoms with Gasteiger partial charge in [0.15, 0.2) is 5.44 Å². The van der Waals surface area contributed by atoms with Gasteiger partial charge >= 0.3 is 9.15 Å². The lowest BCUT2D eigenvalue weighted by Crippen LogP contribution is -2.06. The molecule has 0 amide bonds. The van der Waals surface area contributed by atoms with Crippen LogP contribution >= 0.6 is 10.8 Å². The molecule has 0 spiro atoms. The maximum absolute atomic E-state index is 10.3. The number of rotatable bonds is 2. The van der Waals surface area contributed by atoms with E-state index in [9.17, 15) is 8.42 Å². The normalized spacial score (nSPS) is 23.2. The standard InChI is InChI=1S/C5H6O4S2/c6-11(7,8)10-5-3-1-2-4-9-5/h1-5H,(H,6,7,8). The SMILES string of the molecule is O=S(=O)(O)SC1C=CC=CO1. The molecule has 1 aliphatic rings. The van der Waals surface area contributed by atoms with Crippen molar-refractivity contribution in [1.82, 2.24) is 0 Å². The first-order valence-electron chi connectivity index (χ1n) is 2.72. The Morgan fingerprint density at radius 1 is 1.45 bits per heavy atom. The van der Waals surface area contributed by atoms with Gasteiger partial charge in [-0.3, -0.25) is 4.55 Å². The van der Waals surface area contributed by atoms with Gasteiger partial charge in [0.1, 0.15) is 0 Å². The first kappa shape index (κ1) is 8.63. The van der Waals surface area contributed by atoms with E-state index in [2.05, 4.69) is 0 Å². The highest BCUT2D eigenvalue weighted by Crippen LogP contribution is 2.21. The Morgan fingerprint density at radius 2 is 2.18 bits per heavy atom. The van der Waals surface area contributed by atoms with Gasteiger partial charge in [-0.05, 0) is 12.2 Å². The van der Waals surface area contributed by atoms with Crippen molar-refractivity contribution in [2.75, 3.05) is 0 Å². The Kier molecular flexibility index (Phi) is 2.58. The molecule has 1 aliphatic heterocycles. The molecule has 1 atom stereocenters. The Bertz CT molecular complexity index is 277. The molecule has 0 aromatic rings. The van der Waals surface area contributed by atoms with Crippen molar-refractivity contribution in [3.63, 3.8) is 0 Å². The summed E-state index contributed by atoms with van der Waals surface area (Å²) in [6, 6.07) is 0. The Hall–Kier alpha value is -0.460. The van der Waals surface area contributed by atoms with Crippen molar-refractivity contribution in [3.05, 3.63) is 24.5 Å². The summed E-state index contributed by atoms with van der Waals surface area (Å²) in [6.07, 6.45) is 6.16. The van der Waals surface area contributed by atoms with Crippen molar-refractivity contribution < 1.29 is 17.7 Å². The van der Waals surface area contributed by atoms with Gasteiger partial charge in [0, 0.05) is 10.8 Å². The van der Waals surface area contributed by atoms with Crippen LogP contribution in [0.15, 0.2) is 24.5 Å². The first-order chi connectivity index (χ1) is 5.08. The molecular weight excluding hydrogens is 188 g/mol. The molecule has 4 nitrogen and oxygen atoms in total. The third kappa shape index (κ3) is 3.45. The van der Waals surface area contributed by atoms with Crippen LogP contribution in [0.5, 0.6) is 0 Å². The first-order valence-corrected chi connectivity index (χ1v) is 5.56. The molecule has 0 saturated carbocycles. The summed E-state index contributed by atoms with van der Waals surface area (Å²) in [5, 5.41) is 0. The molecule has 0 fully saturated rings. The molecule has 0 bridgehead atoms. The monoisotopic (exact) mass is 194 g/mol. The van der Waals surface area contributed by atoms with E-state index in [1.165, 1.54) is 12.3 Å². The van der Waals surface area contributed by atoms with E-state index in [1.54, 1.807) is 12.2 Å². The van der Waals surface area contributed by atoms with Crippen LogP contribution < -0.4 is 0 Å². The number of allylic oxidation sites excluding steroid dienone is 2. The molecule has 1 N–H and O–H groups in total. The molecule has 0 aromatic carbocycles. The second-order valence-electron chi connectivity index (χ2n) is 1.74. The van der Waals surface area contributed by atoms with Crippen molar-refractivity contribution in [3.8, 4) is 0 Å². The molecule has 1 rings (SSSR count). The van der Waals surface area contributed by atoms with E-state index in [-0.39, 0.29) is 0 Å². The van der Waals surface area contributed by atoms with Crippen molar-refractivity contribution in [2.45, 2.75) is 5.44 Å². The number of hydrogen-bond acceptors (Lipinski definition) is 4. The highest BCUT2D eigenvalue weighted by molar-refractivity contribution is 8.70. The average Bonchev–Trinajstić information content (AvgIpc) is 1.85. The van der Waals surface area contributed by atoms with Crippen LogP contribution in [0.3, 0.4) is 0 Å². The molecule has 11 heavy (non-hydrogen) atoms. The van der Waals surface area contributed by atoms with Gasteiger partial charge < -0.3 is 4.74 Å². The molecule has 0 aliphatic carbocycles. The maximum Gasteiger partial charge on any atom is 0.323 e. The molecule has 6 heteroatoms. The topological polar surface area (TPSA) is 63.6 Å². The van der Waals surface area contributed by atoms with Crippen LogP contribution in [0.2, 0.25) is 0 Å². The quantitative estimate of drug-likeness (QED) is 0.523. The minimum Gasteiger partial charge on any atom is -0.482 e. The van der Waals surface area contributed by atoms with E-state index in [0.29, 0.717) is 10.8 Å². The van der Waals surface area contributed by atoms with Gasteiger partial charge in [-0.2, -0.15) is 8.42 Å². The van der Waals surface area contributed by atoms with E-state index in [0.717, 1.165) is 0 Å². The Balaban J connectivity index is 2.52. The predicted molar refractivity (Wildman–Crippen MR) is 42.3 cm³/mol. The number of ether oxygens (including phenoxy) is 1. The summed E-state index contributed by atoms with van der Waals surface area (Å²) in [7, 11) is -3.67. The van der Waals surface area contributed by atoms with Gasteiger partial charge in [-0.15, -0.1) is 0 Å². The minimum atomic E-state index is -4.02. The van der Waals surface area contributed by atoms with E-state index >= 15 is 0 Å². The van der Waals surface area contributed by atoms with E-state index in [1.807, 2.05) is 0 Å². The van der Waals surface area contributed by atoms with E-state index in [4.69, 9.17) is 9.29 Å². The van der Waals surface area contributed by atoms with Gasteiger partial charge in [-0.25, -0.2) is 0 Å². The summed E-state index contributed by atoms with van der Waals surface area (Å²) in [4.78, 5) is 0. The summed E-state index contributed by atoms with van der Waals surface area (Å²) < 4.78 is 33.7. The maximum atomic E-state index is 10.3. The van der Waals surface area contributed by atoms with Crippen LogP contribution in [0.1, 0.15) is 0 Å². The van der Waals surface area contributed by atoms with Gasteiger partial charge in [0.25, 0.3) is 0 Å². The lowest BCUT2D eigenvalue weighted by atomic mass is 10.4. The van der Waals surface area contributed by atoms with Crippen LogP contribution in [0, 0.1) is 0 Å². The molecule has 0 saturated heterocycles. The zero-order chi connectivity index (χ0) is 8.32. The second-order valence-corrected chi connectivity index (χ2v) is 5.10. The highest BCUT2D eigenvalue weighted by atomic mass is 33.1. The zero-order valence-corrected chi connectivity index (χ0v) is 7.01. The highest BCUT2D eigenvalue weighted by Gasteiger charge is 2.15. The van der Waals surface area contributed by atoms with Gasteiger partial charge in [0.05, 0.1) is 6.26 Å². The molecule has 1 unspecified atom stereocenters. The largest absolute Gasteiger partial charge is 0.482 e. The smallest absolute Gasteiger partial charge is 0.323 e. The van der Waals surface area contributed by atoms with Crippen LogP contribution in [0.4, 0.5) is 0 Å². The molecule has 1 heterocycles. The minimum absolute atomic E-state index is 0.345. The Labute approximate surface area is 68.1 Å². The van der Waals surface area contributed by atoms with Gasteiger partial charge in [-0.1, -0.05) is 6.08 Å². The third-order valence-electron chi connectivity index (χ3n) is 0.887. The summed E-state index contributed by atoms with van der Waals surface area (Å²) >= 11 is 0. The predicted octanol–water partition coefficient (Wildman–Crippen LogP) is 0.949. The fraction of sp³-hybridized carbons (Fsp3) is 0.200. The fourth-order valence-corrected chi connectivity index (χ4v) is 2.09. The average molecular weight is 194 g/mol. The second kappa shape index (κ2) is 3.29. The third-order valence-corrected chi connectivity index (χ3v) is 2.89. The van der Waals surface area contributed by atoms with Crippen molar-refractivity contribution >= 4 is 19.9 Å². The lowest BCUT2D eigenvalue weighted by molar-refractivity contribution is 0.258. The van der Waals surface area contributed by atoms with Crippen LogP contribution in [-0.2, 0) is 13.9 Å². The van der Waals surface area contributed by atoms with Crippen molar-refractivity contribution in [2.24, 2.45) is 0 Å². The lowest BCUT2D eigenvalue weighted by Gasteiger charge is -2.11. The summed E-state index contributed by atoms with van der Waals surface area (Å²) in [5.41, 5.74) is -0.644. The summed E-state index contributed by atoms with van der Waals surface area (Å²) in [6.45, 7) is 0. The zero-order valence-electron chi connectivity index (χ0n) is 5.38. The molecular formula is C5H6O4S2. The fourth-order valence-electron chi connectivity index (χ4n) is 0.543. The molecule has 62 valence electrons. The van der Waals surface area contributed by atoms with Crippen LogP contribution in [0.25, 0.3) is 0 Å². The molecule has 0 aromatic heterocycles. The van der Waals surface area contributed by atoms with Crippen LogP contribution in [-0.4, -0.2) is 18.4 Å². The Morgan fingerprint density at radius 3 is 2.64 bits per heavy atom. The van der Waals surface area contributed by atoms with E-state index < -0.39 is 14.6 Å². The molecule has 0 radical (unpaired) electrons. The summed E-state index contributed by atoms with van der Waals surface area (Å²) in [5.74, 6) is 0. The van der Waals surface area contributed by atoms with Gasteiger partial charge in [0.2, 0.25) is 0 Å². The number of hydrogen-bond donors (Lipinski definition) is 1. The van der Waals surface area contributed by atoms with Crippen molar-refractivity contribution in [1.29, 1.82) is 0 Å².